The number of piperidine rings is 1. The Morgan fingerprint density at radius 2 is 2.05 bits per heavy atom. The van der Waals surface area contributed by atoms with Gasteiger partial charge in [0.25, 0.3) is 0 Å². The Morgan fingerprint density at radius 1 is 1.26 bits per heavy atom. The largest absolute Gasteiger partial charge is 0.317 e. The van der Waals surface area contributed by atoms with Crippen LogP contribution in [0, 0.1) is 6.92 Å². The number of nitrogens with one attached hydrogen (secondary N) is 1. The number of nitrogens with zero attached hydrogens (tertiary/aromatic N) is 2. The predicted octanol–water partition coefficient (Wildman–Crippen LogP) is 2.86. The van der Waals surface area contributed by atoms with Crippen molar-refractivity contribution in [1.29, 1.82) is 0 Å². The molecule has 0 radical (unpaired) electrons. The van der Waals surface area contributed by atoms with E-state index in [9.17, 15) is 0 Å². The molecule has 1 aliphatic rings. The molecule has 1 saturated heterocycles. The van der Waals surface area contributed by atoms with E-state index in [0.29, 0.717) is 5.92 Å². The van der Waals surface area contributed by atoms with Crippen molar-refractivity contribution in [2.24, 2.45) is 7.05 Å². The number of hydrogen-bond donors (Lipinski definition) is 1. The fourth-order valence-corrected chi connectivity index (χ4v) is 2.94. The minimum Gasteiger partial charge on any atom is -0.317 e. The average Bonchev–Trinajstić information content (AvgIpc) is 2.82. The number of benzene rings is 1. The maximum Gasteiger partial charge on any atom is 0.0734 e. The van der Waals surface area contributed by atoms with E-state index in [0.717, 1.165) is 13.1 Å². The van der Waals surface area contributed by atoms with Gasteiger partial charge < -0.3 is 5.32 Å². The van der Waals surface area contributed by atoms with Crippen LogP contribution < -0.4 is 5.32 Å². The summed E-state index contributed by atoms with van der Waals surface area (Å²) in [5.41, 5.74) is 5.17. The zero-order chi connectivity index (χ0) is 13.2. The van der Waals surface area contributed by atoms with Crippen molar-refractivity contribution >= 4 is 0 Å². The molecule has 100 valence electrons. The van der Waals surface area contributed by atoms with Gasteiger partial charge in [0, 0.05) is 24.7 Å². The lowest BCUT2D eigenvalue weighted by molar-refractivity contribution is 0.450. The Kier molecular flexibility index (Phi) is 3.38. The van der Waals surface area contributed by atoms with Crippen molar-refractivity contribution in [2.45, 2.75) is 25.7 Å². The Balaban J connectivity index is 2.01. The summed E-state index contributed by atoms with van der Waals surface area (Å²) in [7, 11) is 2.02. The lowest BCUT2D eigenvalue weighted by Crippen LogP contribution is -2.27. The molecule has 0 saturated carbocycles. The topological polar surface area (TPSA) is 29.9 Å². The Morgan fingerprint density at radius 3 is 2.79 bits per heavy atom. The van der Waals surface area contributed by atoms with Gasteiger partial charge in [-0.3, -0.25) is 4.68 Å². The van der Waals surface area contributed by atoms with Gasteiger partial charge in [-0.05, 0) is 38.4 Å². The van der Waals surface area contributed by atoms with Crippen LogP contribution in [0.25, 0.3) is 11.1 Å². The zero-order valence-corrected chi connectivity index (χ0v) is 11.7. The first-order valence-corrected chi connectivity index (χ1v) is 7.05. The van der Waals surface area contributed by atoms with E-state index in [1.807, 2.05) is 11.7 Å². The SMILES string of the molecule is Cc1cccc(-c2cn(C)nc2C2CCNCC2)c1. The molecule has 1 aromatic heterocycles. The van der Waals surface area contributed by atoms with E-state index in [-0.39, 0.29) is 0 Å². The molecule has 1 aliphatic heterocycles. The number of aromatic nitrogens is 2. The highest BCUT2D eigenvalue weighted by molar-refractivity contribution is 5.66. The molecular weight excluding hydrogens is 234 g/mol. The molecular formula is C16H21N3. The summed E-state index contributed by atoms with van der Waals surface area (Å²) in [6, 6.07) is 8.71. The lowest BCUT2D eigenvalue weighted by Gasteiger charge is -2.22. The van der Waals surface area contributed by atoms with E-state index < -0.39 is 0 Å². The van der Waals surface area contributed by atoms with Gasteiger partial charge in [0.15, 0.2) is 0 Å². The summed E-state index contributed by atoms with van der Waals surface area (Å²) in [4.78, 5) is 0. The Labute approximate surface area is 114 Å². The zero-order valence-electron chi connectivity index (χ0n) is 11.7. The van der Waals surface area contributed by atoms with Crippen LogP contribution in [0.5, 0.6) is 0 Å². The molecule has 0 atom stereocenters. The van der Waals surface area contributed by atoms with E-state index >= 15 is 0 Å². The van der Waals surface area contributed by atoms with E-state index in [4.69, 9.17) is 5.10 Å². The third-order valence-corrected chi connectivity index (χ3v) is 3.91. The van der Waals surface area contributed by atoms with Crippen LogP contribution in [0.1, 0.15) is 30.0 Å². The van der Waals surface area contributed by atoms with Gasteiger partial charge in [-0.25, -0.2) is 0 Å². The number of aryl methyl sites for hydroxylation is 2. The minimum atomic E-state index is 0.595. The second kappa shape index (κ2) is 5.17. The third-order valence-electron chi connectivity index (χ3n) is 3.91. The highest BCUT2D eigenvalue weighted by Crippen LogP contribution is 2.33. The minimum absolute atomic E-state index is 0.595. The molecule has 19 heavy (non-hydrogen) atoms. The van der Waals surface area contributed by atoms with Crippen molar-refractivity contribution in [3.8, 4) is 11.1 Å². The molecule has 0 amide bonds. The van der Waals surface area contributed by atoms with Crippen LogP contribution in [0.2, 0.25) is 0 Å². The van der Waals surface area contributed by atoms with Crippen LogP contribution >= 0.6 is 0 Å². The Hall–Kier alpha value is -1.61. The smallest absolute Gasteiger partial charge is 0.0734 e. The van der Waals surface area contributed by atoms with Crippen molar-refractivity contribution in [3.05, 3.63) is 41.7 Å². The summed E-state index contributed by atoms with van der Waals surface area (Å²) in [6.07, 6.45) is 4.54. The molecule has 2 heterocycles. The fraction of sp³-hybridized carbons (Fsp3) is 0.438. The van der Waals surface area contributed by atoms with Gasteiger partial charge in [0.05, 0.1) is 5.69 Å². The van der Waals surface area contributed by atoms with Gasteiger partial charge in [-0.1, -0.05) is 29.8 Å². The summed E-state index contributed by atoms with van der Waals surface area (Å²) in [5, 5.41) is 8.15. The molecule has 1 fully saturated rings. The van der Waals surface area contributed by atoms with Crippen LogP contribution in [-0.2, 0) is 7.05 Å². The van der Waals surface area contributed by atoms with Crippen LogP contribution in [-0.4, -0.2) is 22.9 Å². The van der Waals surface area contributed by atoms with E-state index in [2.05, 4.69) is 42.7 Å². The first-order chi connectivity index (χ1) is 9.24. The normalized spacial score (nSPS) is 16.7. The van der Waals surface area contributed by atoms with E-state index in [1.165, 1.54) is 35.2 Å². The van der Waals surface area contributed by atoms with Gasteiger partial charge in [0.1, 0.15) is 0 Å². The lowest BCUT2D eigenvalue weighted by atomic mass is 9.90. The van der Waals surface area contributed by atoms with Crippen LogP contribution in [0.4, 0.5) is 0 Å². The van der Waals surface area contributed by atoms with Crippen LogP contribution in [0.3, 0.4) is 0 Å². The second-order valence-corrected chi connectivity index (χ2v) is 5.50. The second-order valence-electron chi connectivity index (χ2n) is 5.50. The number of rotatable bonds is 2. The monoisotopic (exact) mass is 255 g/mol. The van der Waals surface area contributed by atoms with Crippen molar-refractivity contribution < 1.29 is 0 Å². The maximum atomic E-state index is 4.73. The molecule has 1 aromatic carbocycles. The first-order valence-electron chi connectivity index (χ1n) is 7.05. The molecule has 0 bridgehead atoms. The maximum absolute atomic E-state index is 4.73. The predicted molar refractivity (Wildman–Crippen MR) is 78.2 cm³/mol. The van der Waals surface area contributed by atoms with Gasteiger partial charge in [-0.2, -0.15) is 5.10 Å². The summed E-state index contributed by atoms with van der Waals surface area (Å²) in [6.45, 7) is 4.35. The molecule has 1 N–H and O–H groups in total. The average molecular weight is 255 g/mol. The molecule has 0 spiro atoms. The quantitative estimate of drug-likeness (QED) is 0.894. The third kappa shape index (κ3) is 2.56. The van der Waals surface area contributed by atoms with Gasteiger partial charge in [-0.15, -0.1) is 0 Å². The first kappa shape index (κ1) is 12.4. The van der Waals surface area contributed by atoms with Crippen molar-refractivity contribution in [1.82, 2.24) is 15.1 Å². The summed E-state index contributed by atoms with van der Waals surface area (Å²) >= 11 is 0. The highest BCUT2D eigenvalue weighted by atomic mass is 15.3. The van der Waals surface area contributed by atoms with Gasteiger partial charge >= 0.3 is 0 Å². The highest BCUT2D eigenvalue weighted by Gasteiger charge is 2.22. The van der Waals surface area contributed by atoms with Crippen molar-refractivity contribution in [3.63, 3.8) is 0 Å². The molecule has 2 aromatic rings. The molecule has 3 rings (SSSR count). The summed E-state index contributed by atoms with van der Waals surface area (Å²) < 4.78 is 1.95. The molecule has 0 unspecified atom stereocenters. The van der Waals surface area contributed by atoms with Crippen molar-refractivity contribution in [2.75, 3.05) is 13.1 Å². The molecule has 0 aliphatic carbocycles. The summed E-state index contributed by atoms with van der Waals surface area (Å²) in [5.74, 6) is 0.595. The van der Waals surface area contributed by atoms with E-state index in [1.54, 1.807) is 0 Å². The van der Waals surface area contributed by atoms with Crippen LogP contribution in [0.15, 0.2) is 30.5 Å². The molecule has 3 heteroatoms. The number of hydrogen-bond acceptors (Lipinski definition) is 2. The Bertz CT molecular complexity index is 565. The fourth-order valence-electron chi connectivity index (χ4n) is 2.94. The van der Waals surface area contributed by atoms with Gasteiger partial charge in [0.2, 0.25) is 0 Å². The standard InChI is InChI=1S/C16H21N3/c1-12-4-3-5-14(10-12)15-11-19(2)18-16(15)13-6-8-17-9-7-13/h3-5,10-11,13,17H,6-9H2,1-2H3. The molecule has 3 nitrogen and oxygen atoms in total.